The third-order valence-electron chi connectivity index (χ3n) is 4.74. The number of anilines is 1. The molecule has 2 rings (SSSR count). The van der Waals surface area contributed by atoms with Crippen molar-refractivity contribution in [2.24, 2.45) is 0 Å². The molecule has 0 saturated heterocycles. The van der Waals surface area contributed by atoms with Crippen LogP contribution in [0.2, 0.25) is 0 Å². The molecule has 0 radical (unpaired) electrons. The Labute approximate surface area is 151 Å². The smallest absolute Gasteiger partial charge is 0.221 e. The van der Waals surface area contributed by atoms with Gasteiger partial charge in [-0.25, -0.2) is 0 Å². The van der Waals surface area contributed by atoms with Gasteiger partial charge in [0.1, 0.15) is 5.75 Å². The van der Waals surface area contributed by atoms with Gasteiger partial charge in [-0.3, -0.25) is 4.79 Å². The topological polar surface area (TPSA) is 59.6 Å². The van der Waals surface area contributed by atoms with Crippen LogP contribution in [0.15, 0.2) is 18.2 Å². The Morgan fingerprint density at radius 2 is 1.96 bits per heavy atom. The number of carbonyl (C=O) groups excluding carboxylic acids is 1. The summed E-state index contributed by atoms with van der Waals surface area (Å²) in [5.41, 5.74) is 1.81. The second kappa shape index (κ2) is 10.4. The number of hydrogen-bond acceptors (Lipinski definition) is 4. The predicted octanol–water partition coefficient (Wildman–Crippen LogP) is 4.04. The minimum absolute atomic E-state index is 0.104. The first-order valence-electron chi connectivity index (χ1n) is 9.40. The molecular weight excluding hydrogens is 316 g/mol. The Morgan fingerprint density at radius 3 is 2.60 bits per heavy atom. The van der Waals surface area contributed by atoms with Crippen LogP contribution in [0.1, 0.15) is 64.0 Å². The maximum absolute atomic E-state index is 11.3. The number of rotatable bonds is 8. The lowest BCUT2D eigenvalue weighted by molar-refractivity contribution is -0.114. The standard InChI is InChI=1S/C20H32N2O3/c1-15(21-12-13-25-18-8-6-4-5-7-9-18)17-10-11-20(24-3)19(14-17)22-16(2)23/h10-11,14-15,18,21H,4-9,12-13H2,1-3H3,(H,22,23). The van der Waals surface area contributed by atoms with Gasteiger partial charge in [-0.2, -0.15) is 0 Å². The average Bonchev–Trinajstić information content (AvgIpc) is 2.86. The highest BCUT2D eigenvalue weighted by Crippen LogP contribution is 2.28. The normalized spacial score (nSPS) is 16.9. The van der Waals surface area contributed by atoms with Crippen molar-refractivity contribution in [1.82, 2.24) is 5.32 Å². The fraction of sp³-hybridized carbons (Fsp3) is 0.650. The number of hydrogen-bond donors (Lipinski definition) is 2. The van der Waals surface area contributed by atoms with Crippen molar-refractivity contribution in [3.8, 4) is 5.75 Å². The van der Waals surface area contributed by atoms with Gasteiger partial charge in [-0.15, -0.1) is 0 Å². The van der Waals surface area contributed by atoms with Crippen LogP contribution in [0.5, 0.6) is 5.75 Å². The summed E-state index contributed by atoms with van der Waals surface area (Å²) in [7, 11) is 1.60. The highest BCUT2D eigenvalue weighted by Gasteiger charge is 2.13. The molecule has 0 aliphatic heterocycles. The summed E-state index contributed by atoms with van der Waals surface area (Å²) in [6.45, 7) is 5.17. The zero-order valence-electron chi connectivity index (χ0n) is 15.8. The van der Waals surface area contributed by atoms with Gasteiger partial charge in [0.2, 0.25) is 5.91 Å². The van der Waals surface area contributed by atoms with Crippen molar-refractivity contribution in [2.45, 2.75) is 64.5 Å². The van der Waals surface area contributed by atoms with Crippen LogP contribution >= 0.6 is 0 Å². The molecule has 0 heterocycles. The van der Waals surface area contributed by atoms with Crippen molar-refractivity contribution in [1.29, 1.82) is 0 Å². The highest BCUT2D eigenvalue weighted by molar-refractivity contribution is 5.90. The van der Waals surface area contributed by atoms with E-state index in [-0.39, 0.29) is 11.9 Å². The van der Waals surface area contributed by atoms with Crippen molar-refractivity contribution in [2.75, 3.05) is 25.6 Å². The lowest BCUT2D eigenvalue weighted by Gasteiger charge is -2.19. The Hall–Kier alpha value is -1.59. The number of nitrogens with one attached hydrogen (secondary N) is 2. The van der Waals surface area contributed by atoms with Gasteiger partial charge in [-0.05, 0) is 37.5 Å². The summed E-state index contributed by atoms with van der Waals surface area (Å²) in [4.78, 5) is 11.3. The van der Waals surface area contributed by atoms with Gasteiger partial charge in [0.25, 0.3) is 0 Å². The lowest BCUT2D eigenvalue weighted by atomic mass is 10.1. The van der Waals surface area contributed by atoms with Crippen LogP contribution in [0.25, 0.3) is 0 Å². The third-order valence-corrected chi connectivity index (χ3v) is 4.74. The first kappa shape index (κ1) is 19.7. The molecule has 0 aromatic heterocycles. The number of benzene rings is 1. The molecule has 1 aliphatic carbocycles. The number of ether oxygens (including phenoxy) is 2. The van der Waals surface area contributed by atoms with Crippen molar-refractivity contribution < 1.29 is 14.3 Å². The van der Waals surface area contributed by atoms with Crippen LogP contribution in [-0.2, 0) is 9.53 Å². The molecular formula is C20H32N2O3. The molecule has 2 N–H and O–H groups in total. The largest absolute Gasteiger partial charge is 0.495 e. The lowest BCUT2D eigenvalue weighted by Crippen LogP contribution is -2.25. The summed E-state index contributed by atoms with van der Waals surface area (Å²) < 4.78 is 11.3. The van der Waals surface area contributed by atoms with E-state index in [9.17, 15) is 4.79 Å². The maximum atomic E-state index is 11.3. The first-order chi connectivity index (χ1) is 12.1. The van der Waals surface area contributed by atoms with E-state index in [1.807, 2.05) is 18.2 Å². The Kier molecular flexibility index (Phi) is 8.22. The van der Waals surface area contributed by atoms with E-state index < -0.39 is 0 Å². The van der Waals surface area contributed by atoms with E-state index in [0.717, 1.165) is 18.7 Å². The van der Waals surface area contributed by atoms with E-state index in [1.165, 1.54) is 45.4 Å². The number of carbonyl (C=O) groups is 1. The van der Waals surface area contributed by atoms with E-state index in [2.05, 4.69) is 17.6 Å². The highest BCUT2D eigenvalue weighted by atomic mass is 16.5. The summed E-state index contributed by atoms with van der Waals surface area (Å²) in [6.07, 6.45) is 8.14. The summed E-state index contributed by atoms with van der Waals surface area (Å²) in [5.74, 6) is 0.565. The minimum Gasteiger partial charge on any atom is -0.495 e. The molecule has 1 amide bonds. The molecule has 1 aromatic rings. The van der Waals surface area contributed by atoms with E-state index in [1.54, 1.807) is 7.11 Å². The Morgan fingerprint density at radius 1 is 1.24 bits per heavy atom. The van der Waals surface area contributed by atoms with Crippen LogP contribution in [-0.4, -0.2) is 32.3 Å². The molecule has 5 nitrogen and oxygen atoms in total. The monoisotopic (exact) mass is 348 g/mol. The Bertz CT molecular complexity index is 540. The molecule has 1 aromatic carbocycles. The SMILES string of the molecule is COc1ccc(C(C)NCCOC2CCCCCC2)cc1NC(C)=O. The summed E-state index contributed by atoms with van der Waals surface area (Å²) >= 11 is 0. The number of methoxy groups -OCH3 is 1. The van der Waals surface area contributed by atoms with E-state index in [0.29, 0.717) is 17.5 Å². The zero-order chi connectivity index (χ0) is 18.1. The van der Waals surface area contributed by atoms with Crippen molar-refractivity contribution in [3.05, 3.63) is 23.8 Å². The van der Waals surface area contributed by atoms with Crippen molar-refractivity contribution >= 4 is 11.6 Å². The third kappa shape index (κ3) is 6.67. The molecule has 1 fully saturated rings. The van der Waals surface area contributed by atoms with Crippen LogP contribution < -0.4 is 15.4 Å². The van der Waals surface area contributed by atoms with Gasteiger partial charge in [0.05, 0.1) is 25.5 Å². The van der Waals surface area contributed by atoms with Gasteiger partial charge >= 0.3 is 0 Å². The first-order valence-corrected chi connectivity index (χ1v) is 9.40. The second-order valence-electron chi connectivity index (χ2n) is 6.80. The molecule has 25 heavy (non-hydrogen) atoms. The van der Waals surface area contributed by atoms with Crippen molar-refractivity contribution in [3.63, 3.8) is 0 Å². The van der Waals surface area contributed by atoms with Gasteiger partial charge < -0.3 is 20.1 Å². The molecule has 1 aliphatic rings. The number of amides is 1. The zero-order valence-corrected chi connectivity index (χ0v) is 15.8. The Balaban J connectivity index is 1.81. The van der Waals surface area contributed by atoms with Gasteiger partial charge in [-0.1, -0.05) is 31.7 Å². The summed E-state index contributed by atoms with van der Waals surface area (Å²) in [6, 6.07) is 6.05. The fourth-order valence-electron chi connectivity index (χ4n) is 3.31. The molecule has 1 saturated carbocycles. The molecule has 1 atom stereocenters. The molecule has 140 valence electrons. The maximum Gasteiger partial charge on any atom is 0.221 e. The molecule has 0 spiro atoms. The molecule has 0 bridgehead atoms. The minimum atomic E-state index is -0.104. The second-order valence-corrected chi connectivity index (χ2v) is 6.80. The molecule has 5 heteroatoms. The van der Waals surface area contributed by atoms with E-state index in [4.69, 9.17) is 9.47 Å². The molecule has 1 unspecified atom stereocenters. The predicted molar refractivity (Wildman–Crippen MR) is 101 cm³/mol. The van der Waals surface area contributed by atoms with E-state index >= 15 is 0 Å². The van der Waals surface area contributed by atoms with Crippen LogP contribution in [0.4, 0.5) is 5.69 Å². The fourth-order valence-corrected chi connectivity index (χ4v) is 3.31. The van der Waals surface area contributed by atoms with Crippen LogP contribution in [0.3, 0.4) is 0 Å². The quantitative estimate of drug-likeness (QED) is 0.550. The average molecular weight is 348 g/mol. The summed E-state index contributed by atoms with van der Waals surface area (Å²) in [5, 5.41) is 6.31. The van der Waals surface area contributed by atoms with Gasteiger partial charge in [0, 0.05) is 19.5 Å². The van der Waals surface area contributed by atoms with Gasteiger partial charge in [0.15, 0.2) is 0 Å². The van der Waals surface area contributed by atoms with Crippen LogP contribution in [0, 0.1) is 0 Å².